The summed E-state index contributed by atoms with van der Waals surface area (Å²) in [6, 6.07) is 3.90. The number of hydrogen-bond acceptors (Lipinski definition) is 1. The Morgan fingerprint density at radius 3 is 2.67 bits per heavy atom. The van der Waals surface area contributed by atoms with E-state index in [1.165, 1.54) is 0 Å². The van der Waals surface area contributed by atoms with Gasteiger partial charge in [-0.15, -0.1) is 0 Å². The van der Waals surface area contributed by atoms with E-state index in [0.717, 1.165) is 11.1 Å². The summed E-state index contributed by atoms with van der Waals surface area (Å²) in [4.78, 5) is 4.07. The van der Waals surface area contributed by atoms with E-state index in [-0.39, 0.29) is 0 Å². The molecule has 1 heterocycles. The molecule has 0 radical (unpaired) electrons. The van der Waals surface area contributed by atoms with Crippen molar-refractivity contribution in [2.45, 2.75) is 0 Å². The van der Waals surface area contributed by atoms with E-state index in [9.17, 15) is 0 Å². The van der Waals surface area contributed by atoms with Crippen LogP contribution in [0.5, 0.6) is 0 Å². The average molecular weight is 160 g/mol. The Hall–Kier alpha value is -1.57. The number of nitrogens with zero attached hydrogens (tertiary/aromatic N) is 2. The predicted octanol–water partition coefficient (Wildman–Crippen LogP) is 1.76. The van der Waals surface area contributed by atoms with Gasteiger partial charge in [0.15, 0.2) is 0 Å². The van der Waals surface area contributed by atoms with Crippen LogP contribution in [-0.2, 0) is 0 Å². The highest BCUT2D eigenvalue weighted by Crippen LogP contribution is 1.96. The first-order chi connectivity index (χ1) is 5.81. The van der Waals surface area contributed by atoms with Crippen molar-refractivity contribution < 1.29 is 0 Å². The van der Waals surface area contributed by atoms with E-state index in [1.54, 1.807) is 19.3 Å². The smallest absolute Gasteiger partial charge is 0.131 e. The summed E-state index contributed by atoms with van der Waals surface area (Å²) in [6.45, 7) is 7.37. The van der Waals surface area contributed by atoms with Gasteiger partial charge in [-0.3, -0.25) is 4.99 Å². The second-order valence-electron chi connectivity index (χ2n) is 2.34. The fourth-order valence-corrected chi connectivity index (χ4v) is 0.984. The highest BCUT2D eigenvalue weighted by molar-refractivity contribution is 5.45. The van der Waals surface area contributed by atoms with Crippen LogP contribution in [0.3, 0.4) is 0 Å². The van der Waals surface area contributed by atoms with Crippen LogP contribution < -0.4 is 5.49 Å². The fraction of sp³-hybridized carbons (Fsp3) is 0.100. The Balaban J connectivity index is 3.39. The quantitative estimate of drug-likeness (QED) is 0.627. The van der Waals surface area contributed by atoms with Crippen LogP contribution in [0, 0.1) is 0 Å². The molecule has 0 fully saturated rings. The molecule has 0 aliphatic heterocycles. The Bertz CT molecular complexity index is 358. The van der Waals surface area contributed by atoms with Gasteiger partial charge in [-0.05, 0) is 17.7 Å². The molecule has 1 rings (SSSR count). The molecule has 1 aromatic heterocycles. The van der Waals surface area contributed by atoms with Crippen molar-refractivity contribution in [2.75, 3.05) is 7.05 Å². The molecule has 0 saturated carbocycles. The maximum Gasteiger partial charge on any atom is 0.131 e. The topological polar surface area (TPSA) is 17.3 Å². The van der Waals surface area contributed by atoms with Crippen molar-refractivity contribution in [3.63, 3.8) is 0 Å². The summed E-state index contributed by atoms with van der Waals surface area (Å²) in [5.74, 6) is 0. The monoisotopic (exact) mass is 160 g/mol. The van der Waals surface area contributed by atoms with Crippen molar-refractivity contribution in [2.24, 2.45) is 4.99 Å². The maximum atomic E-state index is 4.07. The molecule has 0 aliphatic rings. The van der Waals surface area contributed by atoms with Crippen molar-refractivity contribution in [1.82, 2.24) is 4.57 Å². The molecule has 12 heavy (non-hydrogen) atoms. The van der Waals surface area contributed by atoms with E-state index >= 15 is 0 Å². The van der Waals surface area contributed by atoms with Gasteiger partial charge in [-0.25, -0.2) is 0 Å². The van der Waals surface area contributed by atoms with Gasteiger partial charge in [-0.1, -0.05) is 19.2 Å². The summed E-state index contributed by atoms with van der Waals surface area (Å²) in [5.41, 5.74) is 1.94. The molecular weight excluding hydrogens is 148 g/mol. The van der Waals surface area contributed by atoms with Crippen molar-refractivity contribution >= 4 is 12.3 Å². The van der Waals surface area contributed by atoms with Gasteiger partial charge in [0.2, 0.25) is 0 Å². The number of aromatic nitrogens is 1. The molecule has 0 bridgehead atoms. The minimum Gasteiger partial charge on any atom is -0.309 e. The zero-order valence-corrected chi connectivity index (χ0v) is 7.20. The fourth-order valence-electron chi connectivity index (χ4n) is 0.984. The zero-order valence-electron chi connectivity index (χ0n) is 7.20. The van der Waals surface area contributed by atoms with Crippen LogP contribution in [0.15, 0.2) is 36.5 Å². The molecule has 2 nitrogen and oxygen atoms in total. The molecule has 0 atom stereocenters. The van der Waals surface area contributed by atoms with Crippen LogP contribution in [0.2, 0.25) is 0 Å². The number of hydrogen-bond donors (Lipinski definition) is 0. The van der Waals surface area contributed by atoms with E-state index < -0.39 is 0 Å². The van der Waals surface area contributed by atoms with Gasteiger partial charge >= 0.3 is 0 Å². The van der Waals surface area contributed by atoms with Crippen LogP contribution in [0.4, 0.5) is 0 Å². The van der Waals surface area contributed by atoms with Crippen molar-refractivity contribution in [1.29, 1.82) is 0 Å². The summed E-state index contributed by atoms with van der Waals surface area (Å²) < 4.78 is 1.86. The van der Waals surface area contributed by atoms with Crippen LogP contribution >= 0.6 is 0 Å². The molecule has 62 valence electrons. The van der Waals surface area contributed by atoms with Gasteiger partial charge in [0.25, 0.3) is 0 Å². The van der Waals surface area contributed by atoms with Crippen molar-refractivity contribution in [3.8, 4) is 0 Å². The average Bonchev–Trinajstić information content (AvgIpc) is 2.16. The minimum atomic E-state index is 0.885. The third-order valence-corrected chi connectivity index (χ3v) is 1.64. The molecular formula is C10H12N2. The lowest BCUT2D eigenvalue weighted by atomic mass is 10.3. The van der Waals surface area contributed by atoms with E-state index in [0.29, 0.717) is 0 Å². The largest absolute Gasteiger partial charge is 0.309 e. The summed E-state index contributed by atoms with van der Waals surface area (Å²) in [5, 5.41) is 0. The van der Waals surface area contributed by atoms with Gasteiger partial charge in [0, 0.05) is 19.4 Å². The Labute approximate surface area is 72.2 Å². The molecule has 2 heteroatoms. The minimum absolute atomic E-state index is 0.885. The number of rotatable bonds is 2. The third-order valence-electron chi connectivity index (χ3n) is 1.64. The first kappa shape index (κ1) is 8.53. The first-order valence-corrected chi connectivity index (χ1v) is 3.72. The molecule has 0 spiro atoms. The van der Waals surface area contributed by atoms with Gasteiger partial charge in [0.05, 0.1) is 0 Å². The normalized spacial score (nSPS) is 11.2. The van der Waals surface area contributed by atoms with Crippen LogP contribution in [0.1, 0.15) is 5.56 Å². The molecule has 1 aromatic rings. The maximum absolute atomic E-state index is 4.07. The Morgan fingerprint density at radius 2 is 2.17 bits per heavy atom. The standard InChI is InChI=1S/C10H12N2/c1-4-9-6-7-10(11-3)12(5-2)8-9/h4-8H,1-2H2,3H3. The molecule has 0 aromatic carbocycles. The molecule has 0 N–H and O–H groups in total. The van der Waals surface area contributed by atoms with Crippen LogP contribution in [0.25, 0.3) is 12.3 Å². The molecule has 0 saturated heterocycles. The lowest BCUT2D eigenvalue weighted by molar-refractivity contribution is 0.989. The zero-order chi connectivity index (χ0) is 8.97. The summed E-state index contributed by atoms with van der Waals surface area (Å²) in [7, 11) is 1.75. The highest BCUT2D eigenvalue weighted by Gasteiger charge is 1.88. The van der Waals surface area contributed by atoms with E-state index in [4.69, 9.17) is 0 Å². The SMILES string of the molecule is C=Cc1ccc(=NC)n(C=C)c1. The van der Waals surface area contributed by atoms with E-state index in [2.05, 4.69) is 18.2 Å². The molecule has 0 aliphatic carbocycles. The summed E-state index contributed by atoms with van der Waals surface area (Å²) in [6.07, 6.45) is 5.44. The Kier molecular flexibility index (Phi) is 2.64. The van der Waals surface area contributed by atoms with Crippen LogP contribution in [-0.4, -0.2) is 11.6 Å². The second-order valence-corrected chi connectivity index (χ2v) is 2.34. The van der Waals surface area contributed by atoms with E-state index in [1.807, 2.05) is 22.9 Å². The van der Waals surface area contributed by atoms with Gasteiger partial charge < -0.3 is 4.57 Å². The lowest BCUT2D eigenvalue weighted by Crippen LogP contribution is -2.14. The predicted molar refractivity (Wildman–Crippen MR) is 52.4 cm³/mol. The third kappa shape index (κ3) is 1.53. The second kappa shape index (κ2) is 3.72. The number of pyridine rings is 1. The van der Waals surface area contributed by atoms with Crippen molar-refractivity contribution in [3.05, 3.63) is 42.5 Å². The molecule has 0 unspecified atom stereocenters. The first-order valence-electron chi connectivity index (χ1n) is 3.72. The van der Waals surface area contributed by atoms with Gasteiger partial charge in [-0.2, -0.15) is 0 Å². The highest BCUT2D eigenvalue weighted by atomic mass is 15.0. The molecule has 0 amide bonds. The Morgan fingerprint density at radius 1 is 1.42 bits per heavy atom. The summed E-state index contributed by atoms with van der Waals surface area (Å²) >= 11 is 0. The van der Waals surface area contributed by atoms with Gasteiger partial charge in [0.1, 0.15) is 5.49 Å². The lowest BCUT2D eigenvalue weighted by Gasteiger charge is -2.00.